The predicted molar refractivity (Wildman–Crippen MR) is 120 cm³/mol. The first-order valence-corrected chi connectivity index (χ1v) is 10.9. The fraction of sp³-hybridized carbons (Fsp3) is 0.476. The molecule has 1 unspecified atom stereocenters. The number of amides is 1. The standard InChI is InChI=1S/C21H23F3N4O10/c1-35-13-3-10(12(28(33)34)4-14(13)36-2)9-37-15-5-17(38-16(15)8-29)27-7-11(18(30)26-20(27)32)6-25-19(31)21(22,23)24/h3-4,7,15-17,29H,5-6,8-9H2,1-2H3,(H,25,31)(H,26,30,32)/t15?,16-,17-/m1/s1. The van der Waals surface area contributed by atoms with Crippen LogP contribution >= 0.6 is 0 Å². The number of H-pyrrole nitrogens is 1. The van der Waals surface area contributed by atoms with Crippen molar-refractivity contribution in [1.82, 2.24) is 14.9 Å². The van der Waals surface area contributed by atoms with Crippen molar-refractivity contribution in [2.75, 3.05) is 20.8 Å². The number of nitro groups is 1. The van der Waals surface area contributed by atoms with Crippen molar-refractivity contribution < 1.29 is 46.9 Å². The maximum Gasteiger partial charge on any atom is 0.471 e. The predicted octanol–water partition coefficient (Wildman–Crippen LogP) is 0.506. The number of nitrogens with one attached hydrogen (secondary N) is 2. The van der Waals surface area contributed by atoms with E-state index in [0.717, 1.165) is 16.8 Å². The third-order valence-corrected chi connectivity index (χ3v) is 5.64. The number of halogens is 3. The second-order valence-electron chi connectivity index (χ2n) is 7.99. The van der Waals surface area contributed by atoms with E-state index >= 15 is 0 Å². The molecule has 1 aliphatic rings. The summed E-state index contributed by atoms with van der Waals surface area (Å²) < 4.78 is 59.9. The van der Waals surface area contributed by atoms with Gasteiger partial charge in [-0.2, -0.15) is 13.2 Å². The quantitative estimate of drug-likeness (QED) is 0.279. The molecule has 1 fully saturated rings. The van der Waals surface area contributed by atoms with Gasteiger partial charge in [0.05, 0.1) is 55.7 Å². The van der Waals surface area contributed by atoms with E-state index in [1.165, 1.54) is 25.6 Å². The number of nitrogens with zero attached hydrogens (tertiary/aromatic N) is 2. The molecule has 3 rings (SSSR count). The molecular formula is C21H23F3N4O10. The number of hydrogen-bond donors (Lipinski definition) is 3. The molecule has 38 heavy (non-hydrogen) atoms. The minimum Gasteiger partial charge on any atom is -0.493 e. The van der Waals surface area contributed by atoms with Crippen molar-refractivity contribution in [3.63, 3.8) is 0 Å². The molecule has 1 aliphatic heterocycles. The number of nitro benzene ring substituents is 1. The molecule has 1 aromatic heterocycles. The molecule has 208 valence electrons. The van der Waals surface area contributed by atoms with Crippen molar-refractivity contribution in [3.05, 3.63) is 60.4 Å². The summed E-state index contributed by atoms with van der Waals surface area (Å²) in [4.78, 5) is 48.3. The third-order valence-electron chi connectivity index (χ3n) is 5.64. The number of carbonyl (C=O) groups excluding carboxylic acids is 1. The summed E-state index contributed by atoms with van der Waals surface area (Å²) in [5.41, 5.74) is -2.54. The smallest absolute Gasteiger partial charge is 0.471 e. The molecule has 0 aliphatic carbocycles. The van der Waals surface area contributed by atoms with Crippen LogP contribution in [0, 0.1) is 10.1 Å². The number of rotatable bonds is 10. The first-order valence-electron chi connectivity index (χ1n) is 10.9. The first kappa shape index (κ1) is 28.6. The zero-order valence-electron chi connectivity index (χ0n) is 19.9. The van der Waals surface area contributed by atoms with Crippen LogP contribution in [-0.2, 0) is 27.4 Å². The summed E-state index contributed by atoms with van der Waals surface area (Å²) in [7, 11) is 2.66. The van der Waals surface area contributed by atoms with E-state index < -0.39 is 59.8 Å². The highest BCUT2D eigenvalue weighted by atomic mass is 19.4. The van der Waals surface area contributed by atoms with E-state index in [0.29, 0.717) is 0 Å². The molecule has 3 atom stereocenters. The van der Waals surface area contributed by atoms with Crippen molar-refractivity contribution in [3.8, 4) is 11.5 Å². The van der Waals surface area contributed by atoms with Gasteiger partial charge in [-0.05, 0) is 6.07 Å². The Balaban J connectivity index is 1.80. The van der Waals surface area contributed by atoms with Gasteiger partial charge in [-0.1, -0.05) is 0 Å². The molecule has 1 saturated heterocycles. The lowest BCUT2D eigenvalue weighted by molar-refractivity contribution is -0.386. The normalized spacial score (nSPS) is 19.3. The van der Waals surface area contributed by atoms with E-state index in [4.69, 9.17) is 18.9 Å². The van der Waals surface area contributed by atoms with Crippen LogP contribution in [0.2, 0.25) is 0 Å². The van der Waals surface area contributed by atoms with Gasteiger partial charge >= 0.3 is 17.8 Å². The zero-order chi connectivity index (χ0) is 28.2. The highest BCUT2D eigenvalue weighted by Gasteiger charge is 2.39. The fourth-order valence-corrected chi connectivity index (χ4v) is 3.75. The van der Waals surface area contributed by atoms with Gasteiger partial charge in [0.25, 0.3) is 11.2 Å². The van der Waals surface area contributed by atoms with Crippen LogP contribution in [0.5, 0.6) is 11.5 Å². The summed E-state index contributed by atoms with van der Waals surface area (Å²) in [6, 6.07) is 2.51. The first-order chi connectivity index (χ1) is 17.9. The maximum atomic E-state index is 12.4. The van der Waals surface area contributed by atoms with Crippen molar-refractivity contribution in [2.45, 2.75) is 44.2 Å². The zero-order valence-corrected chi connectivity index (χ0v) is 19.9. The Morgan fingerprint density at radius 3 is 2.50 bits per heavy atom. The summed E-state index contributed by atoms with van der Waals surface area (Å²) >= 11 is 0. The molecule has 17 heteroatoms. The maximum absolute atomic E-state index is 12.4. The van der Waals surface area contributed by atoms with Crippen LogP contribution in [-0.4, -0.2) is 64.7 Å². The summed E-state index contributed by atoms with van der Waals surface area (Å²) in [5.74, 6) is -1.94. The Kier molecular flexibility index (Phi) is 8.74. The van der Waals surface area contributed by atoms with Crippen LogP contribution in [0.3, 0.4) is 0 Å². The molecule has 0 spiro atoms. The van der Waals surface area contributed by atoms with E-state index in [-0.39, 0.29) is 41.3 Å². The van der Waals surface area contributed by atoms with Gasteiger partial charge in [0.2, 0.25) is 0 Å². The Hall–Kier alpha value is -3.96. The highest BCUT2D eigenvalue weighted by Crippen LogP contribution is 2.36. The topological polar surface area (TPSA) is 184 Å². The minimum absolute atomic E-state index is 0.0768. The summed E-state index contributed by atoms with van der Waals surface area (Å²) in [6.07, 6.45) is -7.32. The molecule has 3 N–H and O–H groups in total. The Labute approximate surface area is 211 Å². The van der Waals surface area contributed by atoms with Gasteiger partial charge in [-0.25, -0.2) is 4.79 Å². The largest absolute Gasteiger partial charge is 0.493 e. The van der Waals surface area contributed by atoms with Gasteiger partial charge in [0.15, 0.2) is 11.5 Å². The van der Waals surface area contributed by atoms with Crippen LogP contribution in [0.25, 0.3) is 0 Å². The number of aromatic nitrogens is 2. The van der Waals surface area contributed by atoms with E-state index in [1.807, 2.05) is 4.98 Å². The van der Waals surface area contributed by atoms with E-state index in [9.17, 15) is 42.8 Å². The molecule has 0 bridgehead atoms. The van der Waals surface area contributed by atoms with Gasteiger partial charge in [-0.15, -0.1) is 0 Å². The lowest BCUT2D eigenvalue weighted by Gasteiger charge is -2.17. The number of aliphatic hydroxyl groups is 1. The third kappa shape index (κ3) is 6.29. The average molecular weight is 548 g/mol. The van der Waals surface area contributed by atoms with E-state index in [2.05, 4.69) is 0 Å². The number of methoxy groups -OCH3 is 2. The Morgan fingerprint density at radius 2 is 1.92 bits per heavy atom. The minimum atomic E-state index is -5.17. The van der Waals surface area contributed by atoms with Crippen LogP contribution in [0.4, 0.5) is 18.9 Å². The Morgan fingerprint density at radius 1 is 1.26 bits per heavy atom. The highest BCUT2D eigenvalue weighted by molar-refractivity contribution is 5.81. The molecule has 14 nitrogen and oxygen atoms in total. The monoisotopic (exact) mass is 548 g/mol. The number of ether oxygens (including phenoxy) is 4. The van der Waals surface area contributed by atoms with Gasteiger partial charge in [0, 0.05) is 19.2 Å². The van der Waals surface area contributed by atoms with Gasteiger partial charge in [-0.3, -0.25) is 29.3 Å². The number of aliphatic hydroxyl groups excluding tert-OH is 1. The van der Waals surface area contributed by atoms with Crippen LogP contribution < -0.4 is 26.0 Å². The molecular weight excluding hydrogens is 525 g/mol. The lowest BCUT2D eigenvalue weighted by Crippen LogP contribution is -2.40. The number of alkyl halides is 3. The molecule has 1 amide bonds. The molecule has 2 aromatic rings. The lowest BCUT2D eigenvalue weighted by atomic mass is 10.1. The van der Waals surface area contributed by atoms with Crippen molar-refractivity contribution in [2.24, 2.45) is 0 Å². The van der Waals surface area contributed by atoms with Crippen LogP contribution in [0.1, 0.15) is 23.8 Å². The number of hydrogen-bond acceptors (Lipinski definition) is 10. The van der Waals surface area contributed by atoms with Crippen molar-refractivity contribution >= 4 is 11.6 Å². The number of aromatic amines is 1. The van der Waals surface area contributed by atoms with Crippen molar-refractivity contribution in [1.29, 1.82) is 0 Å². The SMILES string of the molecule is COc1cc(COC2C[C@H](n3cc(CNC(=O)C(F)(F)F)c(=O)[nH]c3=O)O[C@@H]2CO)c([N+](=O)[O-])cc1OC. The summed E-state index contributed by atoms with van der Waals surface area (Å²) in [6.45, 7) is -1.71. The van der Waals surface area contributed by atoms with Gasteiger partial charge in [0.1, 0.15) is 12.3 Å². The molecule has 0 radical (unpaired) electrons. The summed E-state index contributed by atoms with van der Waals surface area (Å²) in [5, 5.41) is 22.8. The van der Waals surface area contributed by atoms with E-state index in [1.54, 1.807) is 0 Å². The Bertz CT molecular complexity index is 1310. The molecule has 0 saturated carbocycles. The number of carbonyl (C=O) groups is 1. The molecule has 1 aromatic carbocycles. The fourth-order valence-electron chi connectivity index (χ4n) is 3.75. The van der Waals surface area contributed by atoms with Crippen LogP contribution in [0.15, 0.2) is 27.9 Å². The molecule has 2 heterocycles. The second kappa shape index (κ2) is 11.6. The van der Waals surface area contributed by atoms with Gasteiger partial charge < -0.3 is 29.4 Å². The average Bonchev–Trinajstić information content (AvgIpc) is 3.28. The second-order valence-corrected chi connectivity index (χ2v) is 7.99. The number of benzene rings is 1.